The van der Waals surface area contributed by atoms with Crippen LogP contribution in [-0.4, -0.2) is 52.0 Å². The Morgan fingerprint density at radius 1 is 1.53 bits per heavy atom. The fourth-order valence-electron chi connectivity index (χ4n) is 2.47. The number of likely N-dealkylation sites (tertiary alicyclic amines) is 1. The highest BCUT2D eigenvalue weighted by atomic mass is 127. The smallest absolute Gasteiger partial charge is 0.407 e. The van der Waals surface area contributed by atoms with Crippen LogP contribution in [0.5, 0.6) is 0 Å². The molecule has 1 aromatic heterocycles. The molecule has 1 amide bonds. The number of piperidine rings is 1. The minimum Gasteiger partial charge on any atom is -0.465 e. The van der Waals surface area contributed by atoms with E-state index in [4.69, 9.17) is 5.11 Å². The van der Waals surface area contributed by atoms with E-state index in [1.165, 1.54) is 4.90 Å². The Bertz CT molecular complexity index is 454. The third kappa shape index (κ3) is 3.26. The van der Waals surface area contributed by atoms with Gasteiger partial charge in [0.1, 0.15) is 3.70 Å². The summed E-state index contributed by atoms with van der Waals surface area (Å²) in [6.45, 7) is 2.52. The summed E-state index contributed by atoms with van der Waals surface area (Å²) in [6, 6.07) is 4.22. The van der Waals surface area contributed by atoms with Gasteiger partial charge in [-0.2, -0.15) is 0 Å². The summed E-state index contributed by atoms with van der Waals surface area (Å²) in [5, 5.41) is 17.3. The molecule has 1 unspecified atom stereocenters. The quantitative estimate of drug-likeness (QED) is 0.801. The molecule has 0 aromatic carbocycles. The fraction of sp³-hybridized carbons (Fsp3) is 0.583. The normalized spacial score (nSPS) is 23.2. The lowest BCUT2D eigenvalue weighted by Crippen LogP contribution is -2.50. The molecule has 0 saturated carbocycles. The van der Waals surface area contributed by atoms with Crippen LogP contribution in [0.15, 0.2) is 12.1 Å². The summed E-state index contributed by atoms with van der Waals surface area (Å²) in [5.41, 5.74) is 0. The molecule has 1 aliphatic rings. The van der Waals surface area contributed by atoms with E-state index in [1.807, 2.05) is 26.1 Å². The van der Waals surface area contributed by atoms with Crippen molar-refractivity contribution in [1.82, 2.24) is 15.1 Å². The predicted octanol–water partition coefficient (Wildman–Crippen LogP) is 2.05. The van der Waals surface area contributed by atoms with Crippen LogP contribution in [0, 0.1) is 3.70 Å². The van der Waals surface area contributed by atoms with E-state index in [0.717, 1.165) is 22.4 Å². The second kappa shape index (κ2) is 5.89. The number of anilines is 1. The zero-order valence-electron chi connectivity index (χ0n) is 11.0. The third-order valence-corrected chi connectivity index (χ3v) is 4.20. The highest BCUT2D eigenvalue weighted by Gasteiger charge is 2.30. The Hall–Kier alpha value is -1.12. The molecule has 104 valence electrons. The van der Waals surface area contributed by atoms with Crippen molar-refractivity contribution >= 4 is 34.5 Å². The van der Waals surface area contributed by atoms with Crippen molar-refractivity contribution < 1.29 is 9.90 Å². The minimum atomic E-state index is -0.831. The molecule has 7 heteroatoms. The average molecular weight is 376 g/mol. The van der Waals surface area contributed by atoms with Gasteiger partial charge < -0.3 is 14.9 Å². The van der Waals surface area contributed by atoms with Crippen molar-refractivity contribution in [2.75, 3.05) is 18.5 Å². The van der Waals surface area contributed by atoms with Gasteiger partial charge in [-0.3, -0.25) is 0 Å². The van der Waals surface area contributed by atoms with Crippen molar-refractivity contribution in [2.24, 2.45) is 0 Å². The molecule has 1 aromatic rings. The standard InChI is InChI=1S/C12H17IN4O2/c1-8-7-9(5-6-17(8)12(18)19)16(2)11-4-3-10(13)14-15-11/h3-4,8-9H,5-7H2,1-2H3,(H,18,19)/t8-,9?/m0/s1. The molecule has 1 aliphatic heterocycles. The number of carboxylic acid groups (broad SMARTS) is 1. The van der Waals surface area contributed by atoms with Gasteiger partial charge >= 0.3 is 6.09 Å². The Balaban J connectivity index is 2.03. The van der Waals surface area contributed by atoms with Gasteiger partial charge in [-0.05, 0) is 54.5 Å². The lowest BCUT2D eigenvalue weighted by Gasteiger charge is -2.40. The van der Waals surface area contributed by atoms with E-state index in [2.05, 4.69) is 37.7 Å². The molecule has 19 heavy (non-hydrogen) atoms. The van der Waals surface area contributed by atoms with Crippen molar-refractivity contribution in [1.29, 1.82) is 0 Å². The van der Waals surface area contributed by atoms with Crippen LogP contribution in [0.25, 0.3) is 0 Å². The second-order valence-electron chi connectivity index (χ2n) is 4.83. The van der Waals surface area contributed by atoms with E-state index in [1.54, 1.807) is 0 Å². The molecular formula is C12H17IN4O2. The first kappa shape index (κ1) is 14.3. The summed E-state index contributed by atoms with van der Waals surface area (Å²) < 4.78 is 0.865. The number of nitrogens with zero attached hydrogens (tertiary/aromatic N) is 4. The van der Waals surface area contributed by atoms with Gasteiger partial charge in [-0.25, -0.2) is 4.79 Å². The van der Waals surface area contributed by atoms with E-state index in [9.17, 15) is 4.79 Å². The molecule has 1 N–H and O–H groups in total. The van der Waals surface area contributed by atoms with Crippen LogP contribution in [-0.2, 0) is 0 Å². The molecule has 0 spiro atoms. The third-order valence-electron chi connectivity index (χ3n) is 3.62. The first-order chi connectivity index (χ1) is 8.99. The fourth-order valence-corrected chi connectivity index (χ4v) is 2.76. The van der Waals surface area contributed by atoms with Crippen molar-refractivity contribution in [3.8, 4) is 0 Å². The highest BCUT2D eigenvalue weighted by Crippen LogP contribution is 2.24. The maximum Gasteiger partial charge on any atom is 0.407 e. The predicted molar refractivity (Wildman–Crippen MR) is 80.4 cm³/mol. The summed E-state index contributed by atoms with van der Waals surface area (Å²) >= 11 is 2.12. The monoisotopic (exact) mass is 376 g/mol. The minimum absolute atomic E-state index is 0.0375. The first-order valence-electron chi connectivity index (χ1n) is 6.20. The van der Waals surface area contributed by atoms with Crippen LogP contribution in [0.3, 0.4) is 0 Å². The molecule has 0 aliphatic carbocycles. The number of aromatic nitrogens is 2. The Morgan fingerprint density at radius 3 is 2.79 bits per heavy atom. The summed E-state index contributed by atoms with van der Waals surface area (Å²) in [7, 11) is 1.99. The van der Waals surface area contributed by atoms with E-state index in [0.29, 0.717) is 12.6 Å². The van der Waals surface area contributed by atoms with Crippen LogP contribution >= 0.6 is 22.6 Å². The number of amides is 1. The lowest BCUT2D eigenvalue weighted by atomic mass is 9.97. The Labute approximate surface area is 125 Å². The Morgan fingerprint density at radius 2 is 2.26 bits per heavy atom. The van der Waals surface area contributed by atoms with Gasteiger partial charge in [0, 0.05) is 25.7 Å². The summed E-state index contributed by atoms with van der Waals surface area (Å²) in [6.07, 6.45) is 0.805. The van der Waals surface area contributed by atoms with Gasteiger partial charge in [0.25, 0.3) is 0 Å². The molecule has 2 atom stereocenters. The lowest BCUT2D eigenvalue weighted by molar-refractivity contribution is 0.107. The van der Waals surface area contributed by atoms with Crippen LogP contribution in [0.2, 0.25) is 0 Å². The second-order valence-corrected chi connectivity index (χ2v) is 5.93. The van der Waals surface area contributed by atoms with E-state index >= 15 is 0 Å². The van der Waals surface area contributed by atoms with Gasteiger partial charge in [-0.15, -0.1) is 10.2 Å². The van der Waals surface area contributed by atoms with Crippen LogP contribution in [0.1, 0.15) is 19.8 Å². The largest absolute Gasteiger partial charge is 0.465 e. The highest BCUT2D eigenvalue weighted by molar-refractivity contribution is 14.1. The van der Waals surface area contributed by atoms with E-state index < -0.39 is 6.09 Å². The van der Waals surface area contributed by atoms with Crippen LogP contribution < -0.4 is 4.90 Å². The first-order valence-corrected chi connectivity index (χ1v) is 7.28. The molecular weight excluding hydrogens is 359 g/mol. The topological polar surface area (TPSA) is 69.6 Å². The number of rotatable bonds is 2. The summed E-state index contributed by atoms with van der Waals surface area (Å²) in [4.78, 5) is 14.6. The molecule has 0 bridgehead atoms. The van der Waals surface area contributed by atoms with Gasteiger partial charge in [0.2, 0.25) is 0 Å². The molecule has 0 radical (unpaired) electrons. The number of hydrogen-bond donors (Lipinski definition) is 1. The molecule has 2 heterocycles. The zero-order chi connectivity index (χ0) is 14.0. The summed E-state index contributed by atoms with van der Waals surface area (Å²) in [5.74, 6) is 0.835. The number of carbonyl (C=O) groups is 1. The molecule has 1 fully saturated rings. The number of hydrogen-bond acceptors (Lipinski definition) is 4. The van der Waals surface area contributed by atoms with Gasteiger partial charge in [-0.1, -0.05) is 0 Å². The van der Waals surface area contributed by atoms with Gasteiger partial charge in [0.05, 0.1) is 0 Å². The van der Waals surface area contributed by atoms with Crippen molar-refractivity contribution in [2.45, 2.75) is 31.8 Å². The Kier molecular flexibility index (Phi) is 4.43. The van der Waals surface area contributed by atoms with Crippen LogP contribution in [0.4, 0.5) is 10.6 Å². The average Bonchev–Trinajstić information content (AvgIpc) is 2.38. The number of halogens is 1. The van der Waals surface area contributed by atoms with Crippen molar-refractivity contribution in [3.05, 3.63) is 15.8 Å². The van der Waals surface area contributed by atoms with Crippen molar-refractivity contribution in [3.63, 3.8) is 0 Å². The molecule has 2 rings (SSSR count). The maximum absolute atomic E-state index is 11.0. The van der Waals surface area contributed by atoms with E-state index in [-0.39, 0.29) is 6.04 Å². The molecule has 6 nitrogen and oxygen atoms in total. The molecule has 1 saturated heterocycles. The zero-order valence-corrected chi connectivity index (χ0v) is 13.1. The van der Waals surface area contributed by atoms with Gasteiger partial charge in [0.15, 0.2) is 5.82 Å². The SMILES string of the molecule is C[C@H]1CC(N(C)c2ccc(I)nn2)CCN1C(=O)O. The maximum atomic E-state index is 11.0.